The molecule has 3 rings (SSSR count). The van der Waals surface area contributed by atoms with Crippen molar-refractivity contribution >= 4 is 23.7 Å². The zero-order valence-corrected chi connectivity index (χ0v) is 12.2. The number of fused-ring (bicyclic) bond motifs is 1. The van der Waals surface area contributed by atoms with Gasteiger partial charge in [-0.2, -0.15) is 4.99 Å². The van der Waals surface area contributed by atoms with Gasteiger partial charge in [0.2, 0.25) is 5.96 Å². The molecule has 0 saturated carbocycles. The van der Waals surface area contributed by atoms with E-state index < -0.39 is 55.2 Å². The number of alkyl halides is 1. The number of hydrogen-bond acceptors (Lipinski definition) is 6. The van der Waals surface area contributed by atoms with Gasteiger partial charge in [0.1, 0.15) is 12.2 Å². The lowest BCUT2D eigenvalue weighted by atomic mass is 10.1. The van der Waals surface area contributed by atoms with E-state index in [2.05, 4.69) is 16.2 Å². The van der Waals surface area contributed by atoms with Crippen LogP contribution in [0.5, 0.6) is 0 Å². The number of guanidine groups is 1. The maximum absolute atomic E-state index is 14.0. The second-order valence-corrected chi connectivity index (χ2v) is 5.38. The number of urea groups is 1. The van der Waals surface area contributed by atoms with E-state index >= 15 is 0 Å². The van der Waals surface area contributed by atoms with Crippen LogP contribution in [0, 0.1) is 17.8 Å². The van der Waals surface area contributed by atoms with Gasteiger partial charge in [-0.1, -0.05) is 5.92 Å². The van der Waals surface area contributed by atoms with Crippen LogP contribution < -0.4 is 5.32 Å². The summed E-state index contributed by atoms with van der Waals surface area (Å²) in [7, 11) is 0. The summed E-state index contributed by atoms with van der Waals surface area (Å²) in [5, 5.41) is 28.7. The average molecular weight is 339 g/mol. The Bertz CT molecular complexity index is 676. The maximum Gasteiger partial charge on any atom is 0.329 e. The van der Waals surface area contributed by atoms with Crippen LogP contribution in [-0.2, 0) is 9.53 Å². The highest BCUT2D eigenvalue weighted by Crippen LogP contribution is 2.32. The van der Waals surface area contributed by atoms with Crippen molar-refractivity contribution in [3.05, 3.63) is 0 Å². The minimum atomic E-state index is -1.93. The van der Waals surface area contributed by atoms with Gasteiger partial charge >= 0.3 is 6.03 Å². The number of amidine groups is 1. The molecule has 0 spiro atoms. The molecule has 0 aromatic rings. The van der Waals surface area contributed by atoms with Crippen LogP contribution in [0.3, 0.4) is 0 Å². The predicted octanol–water partition coefficient (Wildman–Crippen LogP) is -2.39. The summed E-state index contributed by atoms with van der Waals surface area (Å²) in [5.41, 5.74) is 0. The van der Waals surface area contributed by atoms with E-state index in [-0.39, 0.29) is 12.4 Å². The standard InChI is InChI=1S/C13H14FN5O5/c1-2-3-18-7-9(16-12(15)17-10(7)22)19(13(18)23)11-8(21)6(14)5(4-20)24-11/h1,5-8,11,20-21H,3-4H2,(H2,15,17,22)/t5-,6+,7?,8-,11-/m1/s1. The molecule has 0 aromatic heterocycles. The molecule has 11 heteroatoms. The van der Waals surface area contributed by atoms with Crippen molar-refractivity contribution in [2.45, 2.75) is 30.6 Å². The first-order valence-corrected chi connectivity index (χ1v) is 7.00. The van der Waals surface area contributed by atoms with Crippen molar-refractivity contribution in [1.82, 2.24) is 15.1 Å². The number of hydrogen-bond donors (Lipinski definition) is 4. The second kappa shape index (κ2) is 5.82. The van der Waals surface area contributed by atoms with Crippen molar-refractivity contribution in [3.8, 4) is 12.3 Å². The Morgan fingerprint density at radius 1 is 1.50 bits per heavy atom. The number of aliphatic hydroxyl groups is 2. The van der Waals surface area contributed by atoms with Crippen LogP contribution in [0.1, 0.15) is 0 Å². The van der Waals surface area contributed by atoms with E-state index in [1.807, 2.05) is 0 Å². The molecule has 10 nitrogen and oxygen atoms in total. The average Bonchev–Trinajstić information content (AvgIpc) is 2.96. The first-order chi connectivity index (χ1) is 11.4. The quantitative estimate of drug-likeness (QED) is 0.425. The molecular formula is C13H14FN5O5. The number of carbonyl (C=O) groups excluding carboxylic acids is 2. The van der Waals surface area contributed by atoms with Crippen LogP contribution in [0.4, 0.5) is 9.18 Å². The third-order valence-electron chi connectivity index (χ3n) is 3.96. The summed E-state index contributed by atoms with van der Waals surface area (Å²) in [6.45, 7) is -0.928. The van der Waals surface area contributed by atoms with Gasteiger partial charge in [-0.25, -0.2) is 14.1 Å². The van der Waals surface area contributed by atoms with Gasteiger partial charge < -0.3 is 14.9 Å². The van der Waals surface area contributed by atoms with Gasteiger partial charge in [0, 0.05) is 0 Å². The zero-order valence-electron chi connectivity index (χ0n) is 12.2. The van der Waals surface area contributed by atoms with E-state index in [1.54, 1.807) is 0 Å². The van der Waals surface area contributed by atoms with E-state index in [0.717, 1.165) is 9.80 Å². The fourth-order valence-electron chi connectivity index (χ4n) is 2.88. The summed E-state index contributed by atoms with van der Waals surface area (Å²) < 4.78 is 19.2. The number of rotatable bonds is 3. The first-order valence-electron chi connectivity index (χ1n) is 7.00. The normalized spacial score (nSPS) is 35.7. The maximum atomic E-state index is 14.0. The topological polar surface area (TPSA) is 139 Å². The predicted molar refractivity (Wildman–Crippen MR) is 76.5 cm³/mol. The Balaban J connectivity index is 2.01. The SMILES string of the molecule is C#CCN1C(=O)N([C@@H]2O[C@H](CO)[C@H](F)[C@H]2O)C2=NC(=N)NC(=O)C21. The Hall–Kier alpha value is -2.55. The van der Waals surface area contributed by atoms with Gasteiger partial charge in [0.05, 0.1) is 13.2 Å². The zero-order chi connectivity index (χ0) is 17.6. The molecule has 2 saturated heterocycles. The van der Waals surface area contributed by atoms with E-state index in [9.17, 15) is 19.1 Å². The molecule has 1 unspecified atom stereocenters. The van der Waals surface area contributed by atoms with Crippen LogP contribution in [-0.4, -0.2) is 87.5 Å². The molecule has 4 N–H and O–H groups in total. The highest BCUT2D eigenvalue weighted by molar-refractivity contribution is 6.25. The summed E-state index contributed by atoms with van der Waals surface area (Å²) in [6, 6.07) is -2.01. The largest absolute Gasteiger partial charge is 0.394 e. The molecular weight excluding hydrogens is 325 g/mol. The molecule has 5 atom stereocenters. The monoisotopic (exact) mass is 339 g/mol. The first kappa shape index (κ1) is 16.3. The molecule has 3 heterocycles. The fourth-order valence-corrected chi connectivity index (χ4v) is 2.88. The number of aliphatic hydroxyl groups excluding tert-OH is 2. The smallest absolute Gasteiger partial charge is 0.329 e. The van der Waals surface area contributed by atoms with Gasteiger partial charge in [0.25, 0.3) is 5.91 Å². The number of amides is 3. The van der Waals surface area contributed by atoms with Crippen LogP contribution in [0.15, 0.2) is 4.99 Å². The van der Waals surface area contributed by atoms with Crippen molar-refractivity contribution in [2.24, 2.45) is 4.99 Å². The van der Waals surface area contributed by atoms with Crippen molar-refractivity contribution < 1.29 is 28.9 Å². The van der Waals surface area contributed by atoms with Crippen molar-refractivity contribution in [3.63, 3.8) is 0 Å². The Labute approximate surface area is 135 Å². The van der Waals surface area contributed by atoms with Crippen LogP contribution in [0.25, 0.3) is 0 Å². The van der Waals surface area contributed by atoms with Gasteiger partial charge in [-0.15, -0.1) is 6.42 Å². The third-order valence-corrected chi connectivity index (χ3v) is 3.96. The number of nitrogens with zero attached hydrogens (tertiary/aromatic N) is 3. The fraction of sp³-hybridized carbons (Fsp3) is 0.538. The summed E-state index contributed by atoms with van der Waals surface area (Å²) in [5.74, 6) is 0.846. The number of nitrogens with one attached hydrogen (secondary N) is 2. The second-order valence-electron chi connectivity index (χ2n) is 5.38. The van der Waals surface area contributed by atoms with E-state index in [4.69, 9.17) is 21.7 Å². The summed E-state index contributed by atoms with van der Waals surface area (Å²) in [4.78, 5) is 30.3. The van der Waals surface area contributed by atoms with Crippen LogP contribution >= 0.6 is 0 Å². The summed E-state index contributed by atoms with van der Waals surface area (Å²) in [6.07, 6.45) is -1.29. The Kier molecular flexibility index (Phi) is 3.96. The number of aliphatic imine (C=N–C) groups is 1. The highest BCUT2D eigenvalue weighted by Gasteiger charge is 2.57. The van der Waals surface area contributed by atoms with Crippen molar-refractivity contribution in [2.75, 3.05) is 13.2 Å². The van der Waals surface area contributed by atoms with E-state index in [0.29, 0.717) is 0 Å². The number of halogens is 1. The lowest BCUT2D eigenvalue weighted by Gasteiger charge is -2.26. The van der Waals surface area contributed by atoms with Gasteiger partial charge in [-0.3, -0.25) is 20.4 Å². The van der Waals surface area contributed by atoms with Gasteiger partial charge in [-0.05, 0) is 0 Å². The molecule has 0 aliphatic carbocycles. The molecule has 3 aliphatic heterocycles. The molecule has 0 aromatic carbocycles. The molecule has 3 amide bonds. The lowest BCUT2D eigenvalue weighted by Crippen LogP contribution is -2.54. The number of carbonyl (C=O) groups is 2. The van der Waals surface area contributed by atoms with E-state index in [1.165, 1.54) is 0 Å². The minimum Gasteiger partial charge on any atom is -0.394 e. The Morgan fingerprint density at radius 3 is 2.79 bits per heavy atom. The molecule has 2 fully saturated rings. The minimum absolute atomic E-state index is 0.182. The molecule has 128 valence electrons. The number of terminal acetylenes is 1. The Morgan fingerprint density at radius 2 is 2.21 bits per heavy atom. The summed E-state index contributed by atoms with van der Waals surface area (Å²) >= 11 is 0. The van der Waals surface area contributed by atoms with Crippen molar-refractivity contribution in [1.29, 1.82) is 5.41 Å². The molecule has 0 bridgehead atoms. The van der Waals surface area contributed by atoms with Crippen LogP contribution in [0.2, 0.25) is 0 Å². The lowest BCUT2D eigenvalue weighted by molar-refractivity contribution is -0.121. The number of ether oxygens (including phenoxy) is 1. The molecule has 0 radical (unpaired) electrons. The highest BCUT2D eigenvalue weighted by atomic mass is 19.1. The third kappa shape index (κ3) is 2.23. The molecule has 24 heavy (non-hydrogen) atoms. The molecule has 3 aliphatic rings. The van der Waals surface area contributed by atoms with Gasteiger partial charge in [0.15, 0.2) is 24.3 Å².